The van der Waals surface area contributed by atoms with Crippen molar-refractivity contribution in [1.29, 1.82) is 0 Å². The minimum Gasteiger partial charge on any atom is -0.394 e. The van der Waals surface area contributed by atoms with Crippen LogP contribution in [0.5, 0.6) is 0 Å². The molecule has 3 aliphatic heterocycles. The number of nitrogens with one attached hydrogen (secondary N) is 3. The lowest BCUT2D eigenvalue weighted by Crippen LogP contribution is -2.59. The summed E-state index contributed by atoms with van der Waals surface area (Å²) in [5, 5.41) is 126. The third kappa shape index (κ3) is 30.5. The fraction of sp³-hybridized carbons (Fsp3) is 0.941. The molecule has 3 fully saturated rings. The van der Waals surface area contributed by atoms with Crippen LogP contribution in [0.4, 0.5) is 0 Å². The lowest BCUT2D eigenvalue weighted by molar-refractivity contribution is -0.302. The van der Waals surface area contributed by atoms with Crippen molar-refractivity contribution < 1.29 is 147 Å². The fourth-order valence-corrected chi connectivity index (χ4v) is 8.06. The third-order valence-electron chi connectivity index (χ3n) is 12.9. The molecule has 0 aromatic carbocycles. The predicted molar refractivity (Wildman–Crippen MR) is 282 cm³/mol. The smallest absolute Gasteiger partial charge is 0.222 e. The van der Waals surface area contributed by atoms with E-state index in [4.69, 9.17) is 71.1 Å². The normalized spacial score (nSPS) is 29.0. The Morgan fingerprint density at radius 1 is 0.369 bits per heavy atom. The average molecular weight is 1230 g/mol. The van der Waals surface area contributed by atoms with Crippen molar-refractivity contribution in [2.75, 3.05) is 178 Å². The van der Waals surface area contributed by atoms with Gasteiger partial charge in [0.2, 0.25) is 17.7 Å². The number of aliphatic hydroxyl groups excluding tert-OH is 12. The number of hydrogen-bond acceptors (Lipinski definition) is 30. The maximum atomic E-state index is 12.5. The molecular formula is C51H95N3O30. The SMILES string of the molecule is CC(COCCC(=O)NCCOCCOCCO[C@H]1OC(CO)[C@@H](O)C(O)CC1O)(COCCC(=O)NCCOCCOCCO[C@H]1OC(CO)[C@@H](O)[C@H](O)C1O)COCCC(=O)NCCOCCOCCO[C@H]1OC(CO)[C@@H](O)[C@H](O)C1O. The molecule has 0 radical (unpaired) electrons. The van der Waals surface area contributed by atoms with Gasteiger partial charge in [-0.05, 0) is 0 Å². The van der Waals surface area contributed by atoms with Crippen LogP contribution in [0.1, 0.15) is 32.6 Å². The molecule has 15 atom stereocenters. The highest BCUT2D eigenvalue weighted by Crippen LogP contribution is 2.24. The van der Waals surface area contributed by atoms with Crippen LogP contribution in [0.25, 0.3) is 0 Å². The molecule has 3 aliphatic rings. The Balaban J connectivity index is 1.27. The molecule has 0 saturated carbocycles. The molecule has 0 spiro atoms. The van der Waals surface area contributed by atoms with E-state index in [0.717, 1.165) is 0 Å². The molecule has 3 heterocycles. The van der Waals surface area contributed by atoms with Crippen molar-refractivity contribution in [3.05, 3.63) is 0 Å². The van der Waals surface area contributed by atoms with E-state index in [-0.39, 0.29) is 202 Å². The summed E-state index contributed by atoms with van der Waals surface area (Å²) in [5.74, 6) is -0.842. The Hall–Kier alpha value is -2.67. The summed E-state index contributed by atoms with van der Waals surface area (Å²) < 4.78 is 82.5. The summed E-state index contributed by atoms with van der Waals surface area (Å²) in [6.07, 6.45) is -20.0. The Labute approximate surface area is 487 Å². The monoisotopic (exact) mass is 1230 g/mol. The minimum absolute atomic E-state index is 0.0106. The standard InChI is InChI=1S/C51H95N3O30/c1-51(31-77-9-3-39(61)53-6-12-71-15-18-74-21-24-80-49-46(68)44(66)42(64)36(28-56)83-49,32-78-10-4-40(62)54-7-13-72-16-19-75-22-25-81-50-47(69)45(67)43(65)37(29-57)84-50)30-76-8-2-38(60)52-5-11-70-14-17-73-20-23-79-48-34(59)26-33(58)41(63)35(27-55)82-48/h33-37,41-50,55-59,63-69H,2-32H2,1H3,(H,52,60)(H,53,61)(H,54,62)/t33?,34?,35?,36?,37?,41-,42+,43+,44-,45-,46?,47?,48-,49-,50-,51?/m0/s1. The summed E-state index contributed by atoms with van der Waals surface area (Å²) in [6, 6.07) is 0. The van der Waals surface area contributed by atoms with Gasteiger partial charge in [-0.25, -0.2) is 0 Å². The van der Waals surface area contributed by atoms with Gasteiger partial charge in [0, 0.05) is 50.7 Å². The van der Waals surface area contributed by atoms with Crippen LogP contribution < -0.4 is 16.0 Å². The van der Waals surface area contributed by atoms with Crippen LogP contribution in [0, 0.1) is 5.41 Å². The number of aliphatic hydroxyl groups is 12. The summed E-state index contributed by atoms with van der Waals surface area (Å²) in [6.45, 7) is 3.46. The highest BCUT2D eigenvalue weighted by molar-refractivity contribution is 5.76. The van der Waals surface area contributed by atoms with Gasteiger partial charge in [-0.15, -0.1) is 0 Å². The number of carbonyl (C=O) groups excluding carboxylic acids is 3. The molecule has 7 unspecified atom stereocenters. The maximum absolute atomic E-state index is 12.5. The lowest BCUT2D eigenvalue weighted by atomic mass is 9.94. The Bertz CT molecular complexity index is 1630. The first kappa shape index (κ1) is 75.6. The summed E-state index contributed by atoms with van der Waals surface area (Å²) in [5.41, 5.74) is -0.754. The van der Waals surface area contributed by atoms with Gasteiger partial charge < -0.3 is 148 Å². The second-order valence-electron chi connectivity index (χ2n) is 20.0. The summed E-state index contributed by atoms with van der Waals surface area (Å²) >= 11 is 0. The van der Waals surface area contributed by atoms with E-state index in [1.54, 1.807) is 0 Å². The first-order valence-electron chi connectivity index (χ1n) is 28.2. The molecule has 15 N–H and O–H groups in total. The first-order valence-corrected chi connectivity index (χ1v) is 28.2. The molecular weight excluding hydrogens is 1130 g/mol. The molecule has 3 saturated heterocycles. The minimum atomic E-state index is -1.55. The van der Waals surface area contributed by atoms with Gasteiger partial charge in [-0.2, -0.15) is 0 Å². The summed E-state index contributed by atoms with van der Waals surface area (Å²) in [4.78, 5) is 37.6. The van der Waals surface area contributed by atoms with Crippen LogP contribution in [-0.2, 0) is 85.4 Å². The van der Waals surface area contributed by atoms with Crippen LogP contribution in [-0.4, -0.2) is 349 Å². The number of carbonyl (C=O) groups is 3. The molecule has 494 valence electrons. The van der Waals surface area contributed by atoms with E-state index in [2.05, 4.69) is 16.0 Å². The van der Waals surface area contributed by atoms with E-state index in [0.29, 0.717) is 0 Å². The van der Waals surface area contributed by atoms with Crippen molar-refractivity contribution in [3.8, 4) is 0 Å². The van der Waals surface area contributed by atoms with Gasteiger partial charge in [0.05, 0.1) is 165 Å². The molecule has 0 bridgehead atoms. The Morgan fingerprint density at radius 2 is 0.667 bits per heavy atom. The zero-order valence-electron chi connectivity index (χ0n) is 47.8. The zero-order valence-corrected chi connectivity index (χ0v) is 47.8. The van der Waals surface area contributed by atoms with Gasteiger partial charge in [0.15, 0.2) is 18.9 Å². The van der Waals surface area contributed by atoms with E-state index in [1.165, 1.54) is 0 Å². The van der Waals surface area contributed by atoms with Crippen molar-refractivity contribution in [2.24, 2.45) is 5.41 Å². The number of rotatable bonds is 48. The Kier molecular flexibility index (Phi) is 40.2. The van der Waals surface area contributed by atoms with E-state index < -0.39 is 117 Å². The zero-order chi connectivity index (χ0) is 61.5. The topological polar surface area (TPSA) is 469 Å². The second kappa shape index (κ2) is 44.7. The highest BCUT2D eigenvalue weighted by atomic mass is 16.7. The largest absolute Gasteiger partial charge is 0.394 e. The van der Waals surface area contributed by atoms with Gasteiger partial charge in [0.1, 0.15) is 67.1 Å². The van der Waals surface area contributed by atoms with Gasteiger partial charge in [0.25, 0.3) is 0 Å². The highest BCUT2D eigenvalue weighted by Gasteiger charge is 2.45. The number of ether oxygens (including phenoxy) is 15. The molecule has 33 nitrogen and oxygen atoms in total. The number of hydrogen-bond donors (Lipinski definition) is 15. The van der Waals surface area contributed by atoms with Gasteiger partial charge in [-0.1, -0.05) is 6.92 Å². The lowest BCUT2D eigenvalue weighted by Gasteiger charge is -2.39. The predicted octanol–water partition coefficient (Wildman–Crippen LogP) is -8.50. The van der Waals surface area contributed by atoms with E-state index in [1.807, 2.05) is 6.92 Å². The molecule has 3 rings (SSSR count). The summed E-state index contributed by atoms with van der Waals surface area (Å²) in [7, 11) is 0. The third-order valence-corrected chi connectivity index (χ3v) is 12.9. The van der Waals surface area contributed by atoms with Crippen LogP contribution in [0.3, 0.4) is 0 Å². The van der Waals surface area contributed by atoms with Crippen LogP contribution in [0.15, 0.2) is 0 Å². The van der Waals surface area contributed by atoms with Crippen molar-refractivity contribution >= 4 is 17.7 Å². The van der Waals surface area contributed by atoms with Crippen molar-refractivity contribution in [1.82, 2.24) is 16.0 Å². The van der Waals surface area contributed by atoms with Crippen LogP contribution >= 0.6 is 0 Å². The van der Waals surface area contributed by atoms with E-state index in [9.17, 15) is 75.7 Å². The quantitative estimate of drug-likeness (QED) is 0.0252. The molecule has 0 aromatic rings. The fourth-order valence-electron chi connectivity index (χ4n) is 8.06. The molecule has 0 aliphatic carbocycles. The Morgan fingerprint density at radius 3 is 1.01 bits per heavy atom. The second-order valence-corrected chi connectivity index (χ2v) is 20.0. The average Bonchev–Trinajstić information content (AvgIpc) is 3.63. The van der Waals surface area contributed by atoms with E-state index >= 15 is 0 Å². The molecule has 3 amide bonds. The molecule has 33 heteroatoms. The molecule has 84 heavy (non-hydrogen) atoms. The van der Waals surface area contributed by atoms with Crippen LogP contribution in [0.2, 0.25) is 0 Å². The number of amides is 3. The maximum Gasteiger partial charge on any atom is 0.222 e. The van der Waals surface area contributed by atoms with Crippen molar-refractivity contribution in [3.63, 3.8) is 0 Å². The van der Waals surface area contributed by atoms with Crippen molar-refractivity contribution in [2.45, 2.75) is 125 Å². The molecule has 0 aromatic heterocycles. The van der Waals surface area contributed by atoms with Gasteiger partial charge in [-0.3, -0.25) is 14.4 Å². The van der Waals surface area contributed by atoms with Gasteiger partial charge >= 0.3 is 0 Å². The first-order chi connectivity index (χ1) is 40.4.